The first-order valence-corrected chi connectivity index (χ1v) is 7.19. The summed E-state index contributed by atoms with van der Waals surface area (Å²) in [5, 5.41) is 20.8. The maximum absolute atomic E-state index is 13.0. The topological polar surface area (TPSA) is 86.6 Å². The number of hydrogen-bond donors (Lipinski definition) is 3. The van der Waals surface area contributed by atoms with E-state index in [2.05, 4.69) is 5.32 Å². The van der Waals surface area contributed by atoms with Gasteiger partial charge in [0.25, 0.3) is 0 Å². The van der Waals surface area contributed by atoms with Gasteiger partial charge < -0.3 is 15.5 Å². The van der Waals surface area contributed by atoms with E-state index < -0.39 is 23.7 Å². The number of amides is 1. The molecule has 0 radical (unpaired) electrons. The van der Waals surface area contributed by atoms with Crippen LogP contribution in [0.15, 0.2) is 54.6 Å². The molecule has 24 heavy (non-hydrogen) atoms. The van der Waals surface area contributed by atoms with Crippen LogP contribution in [0.3, 0.4) is 0 Å². The van der Waals surface area contributed by atoms with Crippen LogP contribution in [0.4, 0.5) is 4.39 Å². The van der Waals surface area contributed by atoms with Crippen molar-refractivity contribution in [2.24, 2.45) is 0 Å². The van der Waals surface area contributed by atoms with E-state index in [1.54, 1.807) is 18.2 Å². The number of halogens is 1. The van der Waals surface area contributed by atoms with Crippen molar-refractivity contribution in [3.63, 3.8) is 0 Å². The van der Waals surface area contributed by atoms with Crippen LogP contribution in [0.1, 0.15) is 11.1 Å². The highest BCUT2D eigenvalue weighted by Crippen LogP contribution is 2.11. The zero-order valence-corrected chi connectivity index (χ0v) is 12.6. The fraction of sp³-hybridized carbons (Fsp3) is 0.111. The van der Waals surface area contributed by atoms with Crippen molar-refractivity contribution >= 4 is 18.0 Å². The van der Waals surface area contributed by atoms with Crippen LogP contribution in [0.2, 0.25) is 0 Å². The molecule has 0 fully saturated rings. The van der Waals surface area contributed by atoms with E-state index in [0.29, 0.717) is 11.1 Å². The third-order valence-electron chi connectivity index (χ3n) is 3.27. The van der Waals surface area contributed by atoms with Gasteiger partial charge in [-0.25, -0.2) is 9.18 Å². The average molecular weight is 329 g/mol. The SMILES string of the molecule is O=C(/C=C/c1cccc(F)c1)NC(Cc1ccc(O)cc1)C(=O)O. The number of carboxylic acids is 1. The van der Waals surface area contributed by atoms with Crippen molar-refractivity contribution in [2.45, 2.75) is 12.5 Å². The van der Waals surface area contributed by atoms with E-state index in [0.717, 1.165) is 6.08 Å². The number of aromatic hydroxyl groups is 1. The number of rotatable bonds is 6. The number of phenols is 1. The fourth-order valence-corrected chi connectivity index (χ4v) is 2.07. The number of phenolic OH excluding ortho intramolecular Hbond substituents is 1. The standard InChI is InChI=1S/C18H16FNO4/c19-14-3-1-2-12(10-14)6-9-17(22)20-16(18(23)24)11-13-4-7-15(21)8-5-13/h1-10,16,21H,11H2,(H,20,22)(H,23,24)/b9-6+. The summed E-state index contributed by atoms with van der Waals surface area (Å²) in [6.45, 7) is 0. The van der Waals surface area contributed by atoms with Gasteiger partial charge in [-0.3, -0.25) is 4.79 Å². The van der Waals surface area contributed by atoms with Gasteiger partial charge >= 0.3 is 5.97 Å². The largest absolute Gasteiger partial charge is 0.508 e. The van der Waals surface area contributed by atoms with Crippen LogP contribution in [-0.4, -0.2) is 28.1 Å². The quantitative estimate of drug-likeness (QED) is 0.710. The van der Waals surface area contributed by atoms with E-state index >= 15 is 0 Å². The van der Waals surface area contributed by atoms with Crippen molar-refractivity contribution in [1.82, 2.24) is 5.32 Å². The summed E-state index contributed by atoms with van der Waals surface area (Å²) in [4.78, 5) is 23.2. The third kappa shape index (κ3) is 5.24. The zero-order valence-electron chi connectivity index (χ0n) is 12.6. The Bertz CT molecular complexity index is 756. The second kappa shape index (κ2) is 7.92. The molecular formula is C18H16FNO4. The molecule has 0 aromatic heterocycles. The molecule has 0 aliphatic rings. The third-order valence-corrected chi connectivity index (χ3v) is 3.27. The van der Waals surface area contributed by atoms with E-state index in [9.17, 15) is 24.2 Å². The van der Waals surface area contributed by atoms with Gasteiger partial charge in [-0.15, -0.1) is 0 Å². The van der Waals surface area contributed by atoms with E-state index in [1.165, 1.54) is 36.4 Å². The molecule has 2 aromatic rings. The Hall–Kier alpha value is -3.15. The molecule has 0 saturated heterocycles. The molecule has 0 saturated carbocycles. The molecule has 1 atom stereocenters. The van der Waals surface area contributed by atoms with Gasteiger partial charge in [0.05, 0.1) is 0 Å². The number of carbonyl (C=O) groups is 2. The van der Waals surface area contributed by atoms with Crippen LogP contribution < -0.4 is 5.32 Å². The molecule has 0 heterocycles. The zero-order chi connectivity index (χ0) is 17.5. The van der Waals surface area contributed by atoms with Gasteiger partial charge in [0.2, 0.25) is 5.91 Å². The molecule has 0 spiro atoms. The normalized spacial score (nSPS) is 12.0. The molecule has 1 amide bonds. The lowest BCUT2D eigenvalue weighted by Gasteiger charge is -2.13. The second-order valence-electron chi connectivity index (χ2n) is 5.16. The summed E-state index contributed by atoms with van der Waals surface area (Å²) >= 11 is 0. The molecule has 6 heteroatoms. The van der Waals surface area contributed by atoms with Crippen LogP contribution >= 0.6 is 0 Å². The minimum atomic E-state index is -1.17. The summed E-state index contributed by atoms with van der Waals surface area (Å²) in [6.07, 6.45) is 2.63. The summed E-state index contributed by atoms with van der Waals surface area (Å²) in [6, 6.07) is 10.6. The Kier molecular flexibility index (Phi) is 5.68. The smallest absolute Gasteiger partial charge is 0.326 e. The minimum Gasteiger partial charge on any atom is -0.508 e. The fourth-order valence-electron chi connectivity index (χ4n) is 2.07. The number of nitrogens with one attached hydrogen (secondary N) is 1. The lowest BCUT2D eigenvalue weighted by molar-refractivity contribution is -0.141. The number of aliphatic carboxylic acids is 1. The molecule has 0 aliphatic heterocycles. The predicted molar refractivity (Wildman–Crippen MR) is 86.8 cm³/mol. The van der Waals surface area contributed by atoms with Gasteiger partial charge in [0.15, 0.2) is 0 Å². The highest BCUT2D eigenvalue weighted by atomic mass is 19.1. The van der Waals surface area contributed by atoms with Crippen LogP contribution in [0.25, 0.3) is 6.08 Å². The van der Waals surface area contributed by atoms with E-state index in [4.69, 9.17) is 0 Å². The van der Waals surface area contributed by atoms with E-state index in [-0.39, 0.29) is 12.2 Å². The summed E-state index contributed by atoms with van der Waals surface area (Å²) in [7, 11) is 0. The number of benzene rings is 2. The molecule has 1 unspecified atom stereocenters. The maximum atomic E-state index is 13.0. The number of hydrogen-bond acceptors (Lipinski definition) is 3. The van der Waals surface area contributed by atoms with Gasteiger partial charge in [0.1, 0.15) is 17.6 Å². The lowest BCUT2D eigenvalue weighted by Crippen LogP contribution is -2.41. The Morgan fingerprint density at radius 1 is 1.17 bits per heavy atom. The van der Waals surface area contributed by atoms with Crippen molar-refractivity contribution < 1.29 is 24.2 Å². The van der Waals surface area contributed by atoms with Crippen molar-refractivity contribution in [3.05, 3.63) is 71.6 Å². The Balaban J connectivity index is 2.00. The molecule has 3 N–H and O–H groups in total. The van der Waals surface area contributed by atoms with Crippen LogP contribution in [0, 0.1) is 5.82 Å². The van der Waals surface area contributed by atoms with Crippen molar-refractivity contribution in [2.75, 3.05) is 0 Å². The first-order chi connectivity index (χ1) is 11.4. The predicted octanol–water partition coefficient (Wildman–Crippen LogP) is 2.36. The minimum absolute atomic E-state index is 0.0766. The molecule has 5 nitrogen and oxygen atoms in total. The Labute approximate surface area is 138 Å². The van der Waals surface area contributed by atoms with Gasteiger partial charge in [-0.1, -0.05) is 24.3 Å². The molecule has 2 aromatic carbocycles. The highest BCUT2D eigenvalue weighted by molar-refractivity contribution is 5.94. The molecule has 2 rings (SSSR count). The highest BCUT2D eigenvalue weighted by Gasteiger charge is 2.19. The monoisotopic (exact) mass is 329 g/mol. The summed E-state index contributed by atoms with van der Waals surface area (Å²) in [5.74, 6) is -2.11. The summed E-state index contributed by atoms with van der Waals surface area (Å²) < 4.78 is 13.0. The molecular weight excluding hydrogens is 313 g/mol. The Morgan fingerprint density at radius 3 is 2.50 bits per heavy atom. The molecule has 0 aliphatic carbocycles. The number of carboxylic acid groups (broad SMARTS) is 1. The molecule has 0 bridgehead atoms. The summed E-state index contributed by atoms with van der Waals surface area (Å²) in [5.41, 5.74) is 1.16. The van der Waals surface area contributed by atoms with Gasteiger partial charge in [0, 0.05) is 12.5 Å². The first-order valence-electron chi connectivity index (χ1n) is 7.19. The number of carbonyl (C=O) groups excluding carboxylic acids is 1. The average Bonchev–Trinajstić information content (AvgIpc) is 2.54. The van der Waals surface area contributed by atoms with Crippen molar-refractivity contribution in [1.29, 1.82) is 0 Å². The van der Waals surface area contributed by atoms with E-state index in [1.807, 2.05) is 0 Å². The Morgan fingerprint density at radius 2 is 1.88 bits per heavy atom. The second-order valence-corrected chi connectivity index (χ2v) is 5.16. The first kappa shape index (κ1) is 17.2. The van der Waals surface area contributed by atoms with Gasteiger partial charge in [-0.2, -0.15) is 0 Å². The lowest BCUT2D eigenvalue weighted by atomic mass is 10.1. The van der Waals surface area contributed by atoms with Crippen LogP contribution in [0.5, 0.6) is 5.75 Å². The van der Waals surface area contributed by atoms with Gasteiger partial charge in [-0.05, 0) is 41.5 Å². The maximum Gasteiger partial charge on any atom is 0.326 e. The van der Waals surface area contributed by atoms with Crippen LogP contribution in [-0.2, 0) is 16.0 Å². The molecule has 124 valence electrons. The van der Waals surface area contributed by atoms with Crippen molar-refractivity contribution in [3.8, 4) is 5.75 Å².